The first-order valence-electron chi connectivity index (χ1n) is 7.07. The summed E-state index contributed by atoms with van der Waals surface area (Å²) in [6.45, 7) is 3.86. The Bertz CT molecular complexity index is 590. The molecule has 22 heavy (non-hydrogen) atoms. The van der Waals surface area contributed by atoms with Crippen LogP contribution in [0.4, 0.5) is 20.2 Å². The van der Waals surface area contributed by atoms with Gasteiger partial charge in [-0.05, 0) is 12.3 Å². The third kappa shape index (κ3) is 3.72. The smallest absolute Gasteiger partial charge is 0.326 e. The first-order chi connectivity index (χ1) is 10.4. The molecule has 0 aromatic heterocycles. The van der Waals surface area contributed by atoms with Gasteiger partial charge in [-0.2, -0.15) is 0 Å². The van der Waals surface area contributed by atoms with Gasteiger partial charge in [-0.1, -0.05) is 13.8 Å². The molecular weight excluding hydrogens is 294 g/mol. The quantitative estimate of drug-likeness (QED) is 0.848. The number of fused-ring (bicyclic) bond motifs is 1. The van der Waals surface area contributed by atoms with Crippen LogP contribution in [0, 0.1) is 17.6 Å². The minimum absolute atomic E-state index is 0.0860. The monoisotopic (exact) mass is 312 g/mol. The van der Waals surface area contributed by atoms with Crippen molar-refractivity contribution in [3.63, 3.8) is 0 Å². The SMILES string of the molecule is CC(C)CCOC(=O)CN1C(=O)CNc2cc(F)c(F)cc21. The number of esters is 1. The van der Waals surface area contributed by atoms with Crippen LogP contribution in [0.5, 0.6) is 0 Å². The molecule has 0 spiro atoms. The summed E-state index contributed by atoms with van der Waals surface area (Å²) in [5, 5.41) is 2.69. The van der Waals surface area contributed by atoms with Crippen molar-refractivity contribution in [2.75, 3.05) is 29.9 Å². The van der Waals surface area contributed by atoms with E-state index in [1.807, 2.05) is 13.8 Å². The number of amides is 1. The predicted molar refractivity (Wildman–Crippen MR) is 77.6 cm³/mol. The molecule has 1 aliphatic heterocycles. The fraction of sp³-hybridized carbons (Fsp3) is 0.467. The number of anilines is 2. The van der Waals surface area contributed by atoms with E-state index in [0.717, 1.165) is 23.5 Å². The normalized spacial score (nSPS) is 13.9. The lowest BCUT2D eigenvalue weighted by molar-refractivity contribution is -0.143. The number of halogens is 2. The van der Waals surface area contributed by atoms with Crippen LogP contribution in [0.2, 0.25) is 0 Å². The Morgan fingerprint density at radius 3 is 2.73 bits per heavy atom. The number of carbonyl (C=O) groups is 2. The van der Waals surface area contributed by atoms with E-state index < -0.39 is 23.5 Å². The van der Waals surface area contributed by atoms with Gasteiger partial charge in [0.05, 0.1) is 24.5 Å². The molecule has 0 unspecified atom stereocenters. The van der Waals surface area contributed by atoms with Crippen molar-refractivity contribution in [3.05, 3.63) is 23.8 Å². The van der Waals surface area contributed by atoms with Crippen LogP contribution < -0.4 is 10.2 Å². The molecule has 0 aliphatic carbocycles. The average Bonchev–Trinajstić information content (AvgIpc) is 2.44. The maximum absolute atomic E-state index is 13.4. The van der Waals surface area contributed by atoms with E-state index in [1.165, 1.54) is 0 Å². The fourth-order valence-electron chi connectivity index (χ4n) is 2.06. The highest BCUT2D eigenvalue weighted by atomic mass is 19.2. The van der Waals surface area contributed by atoms with Gasteiger partial charge in [0, 0.05) is 12.1 Å². The fourth-order valence-corrected chi connectivity index (χ4v) is 2.06. The second kappa shape index (κ2) is 6.72. The second-order valence-electron chi connectivity index (χ2n) is 5.52. The molecule has 7 heteroatoms. The molecule has 2 rings (SSSR count). The summed E-state index contributed by atoms with van der Waals surface area (Å²) in [6.07, 6.45) is 0.720. The zero-order chi connectivity index (χ0) is 16.3. The van der Waals surface area contributed by atoms with E-state index in [9.17, 15) is 18.4 Å². The van der Waals surface area contributed by atoms with Crippen LogP contribution in [-0.2, 0) is 14.3 Å². The average molecular weight is 312 g/mol. The number of nitrogens with one attached hydrogen (secondary N) is 1. The molecule has 1 amide bonds. The summed E-state index contributed by atoms with van der Waals surface area (Å²) < 4.78 is 31.7. The van der Waals surface area contributed by atoms with Crippen molar-refractivity contribution < 1.29 is 23.1 Å². The molecule has 5 nitrogen and oxygen atoms in total. The first-order valence-corrected chi connectivity index (χ1v) is 7.07. The standard InChI is InChI=1S/C15H18F2N2O3/c1-9(2)3-4-22-15(21)8-19-13-6-11(17)10(16)5-12(13)18-7-14(19)20/h5-6,9,18H,3-4,7-8H2,1-2H3. The number of rotatable bonds is 5. The van der Waals surface area contributed by atoms with Gasteiger partial charge in [-0.15, -0.1) is 0 Å². The molecule has 0 saturated heterocycles. The molecule has 1 aromatic carbocycles. The summed E-state index contributed by atoms with van der Waals surface area (Å²) >= 11 is 0. The number of hydrogen-bond donors (Lipinski definition) is 1. The Morgan fingerprint density at radius 2 is 2.05 bits per heavy atom. The van der Waals surface area contributed by atoms with Gasteiger partial charge in [-0.25, -0.2) is 8.78 Å². The van der Waals surface area contributed by atoms with E-state index in [-0.39, 0.29) is 31.1 Å². The topological polar surface area (TPSA) is 58.6 Å². The predicted octanol–water partition coefficient (Wildman–Crippen LogP) is 2.31. The minimum atomic E-state index is -1.08. The van der Waals surface area contributed by atoms with Crippen molar-refractivity contribution in [3.8, 4) is 0 Å². The highest BCUT2D eigenvalue weighted by Crippen LogP contribution is 2.31. The molecule has 1 aromatic rings. The van der Waals surface area contributed by atoms with E-state index in [2.05, 4.69) is 5.32 Å². The van der Waals surface area contributed by atoms with Crippen LogP contribution in [0.25, 0.3) is 0 Å². The number of carbonyl (C=O) groups excluding carboxylic acids is 2. The summed E-state index contributed by atoms with van der Waals surface area (Å²) in [5.41, 5.74) is 0.407. The Kier molecular flexibility index (Phi) is 4.95. The van der Waals surface area contributed by atoms with Gasteiger partial charge in [-0.3, -0.25) is 14.5 Å². The number of benzene rings is 1. The zero-order valence-corrected chi connectivity index (χ0v) is 12.5. The van der Waals surface area contributed by atoms with Gasteiger partial charge in [0.15, 0.2) is 11.6 Å². The Hall–Kier alpha value is -2.18. The maximum Gasteiger partial charge on any atom is 0.326 e. The Labute approximate surface area is 127 Å². The molecule has 0 saturated carbocycles. The van der Waals surface area contributed by atoms with Gasteiger partial charge in [0.2, 0.25) is 5.91 Å². The Balaban J connectivity index is 2.09. The van der Waals surface area contributed by atoms with Crippen LogP contribution in [0.1, 0.15) is 20.3 Å². The van der Waals surface area contributed by atoms with Gasteiger partial charge >= 0.3 is 5.97 Å². The Morgan fingerprint density at radius 1 is 1.36 bits per heavy atom. The largest absolute Gasteiger partial charge is 0.464 e. The third-order valence-electron chi connectivity index (χ3n) is 3.31. The molecule has 1 heterocycles. The van der Waals surface area contributed by atoms with Crippen LogP contribution in [0.3, 0.4) is 0 Å². The number of nitrogens with zero attached hydrogens (tertiary/aromatic N) is 1. The van der Waals surface area contributed by atoms with E-state index in [0.29, 0.717) is 5.92 Å². The summed E-state index contributed by atoms with van der Waals surface area (Å²) in [6, 6.07) is 1.87. The zero-order valence-electron chi connectivity index (χ0n) is 12.5. The number of ether oxygens (including phenoxy) is 1. The maximum atomic E-state index is 13.4. The summed E-state index contributed by atoms with van der Waals surface area (Å²) in [7, 11) is 0. The lowest BCUT2D eigenvalue weighted by Gasteiger charge is -2.29. The van der Waals surface area contributed by atoms with Crippen LogP contribution in [-0.4, -0.2) is 31.6 Å². The van der Waals surface area contributed by atoms with E-state index >= 15 is 0 Å². The molecule has 0 bridgehead atoms. The molecule has 0 atom stereocenters. The molecule has 0 fully saturated rings. The van der Waals surface area contributed by atoms with Crippen molar-refractivity contribution in [2.24, 2.45) is 5.92 Å². The minimum Gasteiger partial charge on any atom is -0.464 e. The van der Waals surface area contributed by atoms with Gasteiger partial charge < -0.3 is 10.1 Å². The van der Waals surface area contributed by atoms with Crippen molar-refractivity contribution in [2.45, 2.75) is 20.3 Å². The molecule has 0 radical (unpaired) electrons. The highest BCUT2D eigenvalue weighted by molar-refractivity contribution is 6.05. The summed E-state index contributed by atoms with van der Waals surface area (Å²) in [5.74, 6) is -2.68. The van der Waals surface area contributed by atoms with E-state index in [4.69, 9.17) is 4.74 Å². The van der Waals surface area contributed by atoms with E-state index in [1.54, 1.807) is 0 Å². The lowest BCUT2D eigenvalue weighted by Crippen LogP contribution is -2.43. The molecule has 1 N–H and O–H groups in total. The second-order valence-corrected chi connectivity index (χ2v) is 5.52. The summed E-state index contributed by atoms with van der Waals surface area (Å²) in [4.78, 5) is 24.8. The van der Waals surface area contributed by atoms with Gasteiger partial charge in [0.25, 0.3) is 0 Å². The third-order valence-corrected chi connectivity index (χ3v) is 3.31. The van der Waals surface area contributed by atoms with Crippen molar-refractivity contribution in [1.82, 2.24) is 0 Å². The van der Waals surface area contributed by atoms with Gasteiger partial charge in [0.1, 0.15) is 6.54 Å². The molecule has 120 valence electrons. The lowest BCUT2D eigenvalue weighted by atomic mass is 10.1. The van der Waals surface area contributed by atoms with Crippen molar-refractivity contribution in [1.29, 1.82) is 0 Å². The molecular formula is C15H18F2N2O3. The van der Waals surface area contributed by atoms with Crippen LogP contribution >= 0.6 is 0 Å². The first kappa shape index (κ1) is 16.2. The molecule has 1 aliphatic rings. The highest BCUT2D eigenvalue weighted by Gasteiger charge is 2.28. The van der Waals surface area contributed by atoms with Crippen molar-refractivity contribution >= 4 is 23.3 Å². The number of hydrogen-bond acceptors (Lipinski definition) is 4. The van der Waals surface area contributed by atoms with Crippen LogP contribution in [0.15, 0.2) is 12.1 Å².